The van der Waals surface area contributed by atoms with Gasteiger partial charge in [0.1, 0.15) is 11.5 Å². The molecule has 2 aromatic carbocycles. The van der Waals surface area contributed by atoms with Crippen LogP contribution >= 0.6 is 0 Å². The molecule has 0 unspecified atom stereocenters. The van der Waals surface area contributed by atoms with Crippen molar-refractivity contribution < 1.29 is 36.8 Å². The molecule has 0 saturated heterocycles. The zero-order valence-corrected chi connectivity index (χ0v) is 59.1. The van der Waals surface area contributed by atoms with Gasteiger partial charge in [0.15, 0.2) is 0 Å². The third-order valence-corrected chi connectivity index (χ3v) is 18.0. The number of rotatable bonds is 55. The van der Waals surface area contributed by atoms with Gasteiger partial charge in [0.2, 0.25) is 0 Å². The molecule has 0 aliphatic carbocycles. The van der Waals surface area contributed by atoms with Gasteiger partial charge in [-0.3, -0.25) is 18.4 Å². The fraction of sp³-hybridized carbons (Fsp3) is 0.608. The first kappa shape index (κ1) is 73.7. The molecule has 8 nitrogen and oxygen atoms in total. The van der Waals surface area contributed by atoms with Crippen molar-refractivity contribution in [2.75, 3.05) is 26.4 Å². The summed E-state index contributed by atoms with van der Waals surface area (Å²) in [5, 5.41) is 0. The number of aromatic amines is 1. The summed E-state index contributed by atoms with van der Waals surface area (Å²) in [5.74, 6) is 3.12. The van der Waals surface area contributed by atoms with Crippen molar-refractivity contribution >= 4 is 33.3 Å². The molecule has 5 rings (SSSR count). The summed E-state index contributed by atoms with van der Waals surface area (Å²) < 4.78 is 28.4. The molecule has 1 aromatic heterocycles. The molecule has 0 saturated carbocycles. The molecule has 2 N–H and O–H groups in total. The van der Waals surface area contributed by atoms with Crippen molar-refractivity contribution in [2.24, 2.45) is 9.98 Å². The van der Waals surface area contributed by atoms with E-state index in [-0.39, 0.29) is 5.70 Å². The van der Waals surface area contributed by atoms with Gasteiger partial charge in [-0.1, -0.05) is 252 Å². The van der Waals surface area contributed by atoms with Gasteiger partial charge in [0, 0.05) is 6.07 Å². The second kappa shape index (κ2) is 47.9. The Morgan fingerprint density at radius 3 is 1.16 bits per heavy atom. The Labute approximate surface area is 546 Å². The molecule has 0 spiro atoms. The summed E-state index contributed by atoms with van der Waals surface area (Å²) in [6, 6.07) is 16.7. The Kier molecular flexibility index (Phi) is 40.1. The second-order valence-corrected chi connectivity index (χ2v) is 25.9. The normalized spacial score (nSPS) is 14.2. The number of unbranched alkanes of at least 4 members (excludes halogenated alkanes) is 36. The van der Waals surface area contributed by atoms with Gasteiger partial charge in [0.25, 0.3) is 0 Å². The molecule has 0 radical (unpaired) electrons. The Morgan fingerprint density at radius 1 is 0.443 bits per heavy atom. The minimum Gasteiger partial charge on any atom is -0.493 e. The molecule has 3 aromatic rings. The van der Waals surface area contributed by atoms with Crippen LogP contribution in [0.15, 0.2) is 106 Å². The van der Waals surface area contributed by atoms with Crippen LogP contribution in [-0.2, 0) is 17.9 Å². The first-order valence-corrected chi connectivity index (χ1v) is 37.7. The van der Waals surface area contributed by atoms with Crippen molar-refractivity contribution in [1.29, 1.82) is 0 Å². The monoisotopic (exact) mass is 1250 g/mol. The van der Waals surface area contributed by atoms with Crippen molar-refractivity contribution in [3.05, 3.63) is 131 Å². The van der Waals surface area contributed by atoms with Crippen LogP contribution in [0.5, 0.6) is 23.0 Å². The molecule has 482 valence electrons. The average Bonchev–Trinajstić information content (AvgIpc) is 3.93. The zero-order chi connectivity index (χ0) is 62.3. The van der Waals surface area contributed by atoms with Gasteiger partial charge in [-0.05, 0) is 30.5 Å². The van der Waals surface area contributed by atoms with E-state index in [2.05, 4.69) is 85.8 Å². The topological polar surface area (TPSA) is 101 Å². The molecule has 0 bridgehead atoms. The van der Waals surface area contributed by atoms with Crippen LogP contribution in [0.2, 0.25) is 0 Å². The predicted molar refractivity (Wildman–Crippen MR) is 376 cm³/mol. The molecule has 0 amide bonds. The van der Waals surface area contributed by atoms with Crippen LogP contribution < -0.4 is 18.9 Å². The molecule has 9 heteroatoms. The van der Waals surface area contributed by atoms with Crippen molar-refractivity contribution in [3.8, 4) is 23.0 Å². The van der Waals surface area contributed by atoms with Crippen molar-refractivity contribution in [3.63, 3.8) is 0 Å². The molecule has 0 atom stereocenters. The van der Waals surface area contributed by atoms with Gasteiger partial charge in [-0.2, -0.15) is 0 Å². The molecule has 2 aliphatic heterocycles. The SMILES string of the molecule is [CH-]=C/C([NH-])=C(/C1=NC(=Cc2ccc(/C(=C3/C=CC([CH]=[Zn])=N3)c3cc(OCCCCCCCCCCCC)cc(OCCCCCCCCCCCC)c3)[nH]2)C=C1)c1cc(OCCCCCCCCCCCC)cc(OCCCCCCCCCCCC)c1. The van der Waals surface area contributed by atoms with E-state index >= 15 is 0 Å². The van der Waals surface area contributed by atoms with Gasteiger partial charge < -0.3 is 15.2 Å². The minimum atomic E-state index is 0.188. The van der Waals surface area contributed by atoms with E-state index in [0.29, 0.717) is 37.7 Å². The van der Waals surface area contributed by atoms with Gasteiger partial charge in [-0.15, -0.1) is 0 Å². The van der Waals surface area contributed by atoms with Crippen LogP contribution in [0, 0.1) is 6.58 Å². The van der Waals surface area contributed by atoms with Crippen molar-refractivity contribution in [2.45, 2.75) is 285 Å². The van der Waals surface area contributed by atoms with Gasteiger partial charge in [0.05, 0.1) is 13.2 Å². The van der Waals surface area contributed by atoms with Crippen LogP contribution in [0.25, 0.3) is 23.0 Å². The van der Waals surface area contributed by atoms with Crippen LogP contribution in [0.3, 0.4) is 0 Å². The fourth-order valence-electron chi connectivity index (χ4n) is 11.9. The average molecular weight is 1250 g/mol. The fourth-order valence-corrected chi connectivity index (χ4v) is 12.4. The zero-order valence-electron chi connectivity index (χ0n) is 56.1. The Morgan fingerprint density at radius 2 is 0.807 bits per heavy atom. The standard InChI is InChI=1S/C79H118N4O4.Zn/c1-7-12-16-20-24-28-32-36-40-44-54-84-70-58-66(59-71(63-70)85-55-45-41-37-33-29-25-21-17-13-8-2)78(74(80)11-5)75-52-49-68(82-75)62-69-50-53-77(83-69)79(76-51-48-65(6)81-76)67-60-72(86-56-46-42-38-34-30-26-22-18-14-9-3)64-73(61-67)87-57-47-43-39-35-31-27-23-19-15-10-4;/h5-6,11,48-53,58-64,80,83H,7-10,12-47,54-57H2,1-4H3;/q-2;/b68-62?,78-74-,79-76-;. The Hall–Kier alpha value is -5.01. The number of hydrogen-bond donors (Lipinski definition) is 1. The number of hydrogen-bond acceptors (Lipinski definition) is 6. The summed E-state index contributed by atoms with van der Waals surface area (Å²) in [4.78, 5) is 14.0. The number of benzene rings is 2. The van der Waals surface area contributed by atoms with Gasteiger partial charge >= 0.3 is 203 Å². The number of aromatic nitrogens is 1. The third-order valence-electron chi connectivity index (χ3n) is 17.2. The first-order valence-electron chi connectivity index (χ1n) is 36.0. The Bertz CT molecular complexity index is 2540. The number of H-pyrrole nitrogens is 1. The molecule has 0 fully saturated rings. The molecule has 88 heavy (non-hydrogen) atoms. The van der Waals surface area contributed by atoms with Crippen LogP contribution in [0.1, 0.15) is 307 Å². The smallest absolute Gasteiger partial charge is 0.493 e. The van der Waals surface area contributed by atoms with E-state index in [0.717, 1.165) is 125 Å². The number of nitrogens with one attached hydrogen (secondary N) is 2. The predicted octanol–water partition coefficient (Wildman–Crippen LogP) is 24.1. The minimum absolute atomic E-state index is 0.188. The second-order valence-electron chi connectivity index (χ2n) is 25.0. The van der Waals surface area contributed by atoms with E-state index in [1.165, 1.54) is 224 Å². The quantitative estimate of drug-likeness (QED) is 0.0263. The summed E-state index contributed by atoms with van der Waals surface area (Å²) in [5.41, 5.74) is 18.0. The van der Waals surface area contributed by atoms with Gasteiger partial charge in [-0.25, -0.2) is 0 Å². The number of nitrogens with zero attached hydrogens (tertiary/aromatic N) is 2. The molecular weight excluding hydrogens is 1130 g/mol. The van der Waals surface area contributed by atoms with E-state index in [4.69, 9.17) is 35.5 Å². The maximum atomic E-state index is 9.21. The summed E-state index contributed by atoms with van der Waals surface area (Å²) >= 11 is 1.02. The third kappa shape index (κ3) is 30.7. The molecule has 2 aliphatic rings. The van der Waals surface area contributed by atoms with E-state index in [1.807, 2.05) is 30.4 Å². The summed E-state index contributed by atoms with van der Waals surface area (Å²) in [6.45, 7) is 17.9. The van der Waals surface area contributed by atoms with Crippen LogP contribution in [0.4, 0.5) is 0 Å². The maximum absolute atomic E-state index is 9.21. The number of ether oxygens (including phenoxy) is 4. The van der Waals surface area contributed by atoms with Crippen molar-refractivity contribution in [1.82, 2.24) is 4.98 Å². The van der Waals surface area contributed by atoms with E-state index in [9.17, 15) is 5.73 Å². The Balaban J connectivity index is 1.33. The number of allylic oxidation sites excluding steroid dienone is 6. The summed E-state index contributed by atoms with van der Waals surface area (Å²) in [7, 11) is 0. The first-order chi connectivity index (χ1) is 43.4. The van der Waals surface area contributed by atoms with E-state index < -0.39 is 0 Å². The molecular formula is C79H118N4O4Zn-2. The summed E-state index contributed by atoms with van der Waals surface area (Å²) in [6.07, 6.45) is 62.8. The van der Waals surface area contributed by atoms with E-state index in [1.54, 1.807) is 0 Å². The van der Waals surface area contributed by atoms with Crippen LogP contribution in [-0.4, -0.2) is 47.4 Å². The number of aliphatic imine (C=N–C) groups is 2. The molecule has 3 heterocycles.